The number of piperazine rings is 1. The predicted molar refractivity (Wildman–Crippen MR) is 86.0 cm³/mol. The monoisotopic (exact) mass is 348 g/mol. The molecule has 1 N–H and O–H groups in total. The van der Waals surface area contributed by atoms with Crippen molar-refractivity contribution in [3.05, 3.63) is 29.3 Å². The number of carbonyl (C=O) groups excluding carboxylic acids is 1. The number of nitrogens with zero attached hydrogens (tertiary/aromatic N) is 1. The Morgan fingerprint density at radius 3 is 2.68 bits per heavy atom. The van der Waals surface area contributed by atoms with Gasteiger partial charge in [0.2, 0.25) is 10.0 Å². The fraction of sp³-hybridized carbons (Fsp3) is 0.500. The number of benzene rings is 1. The van der Waals surface area contributed by atoms with Crippen LogP contribution in [0.25, 0.3) is 0 Å². The Hall–Kier alpha value is -1.15. The Labute approximate surface area is 137 Å². The zero-order valence-corrected chi connectivity index (χ0v) is 14.5. The Morgan fingerprint density at radius 2 is 2.09 bits per heavy atom. The number of halogens is 1. The van der Waals surface area contributed by atoms with Crippen molar-refractivity contribution in [2.75, 3.05) is 26.7 Å². The van der Waals surface area contributed by atoms with Gasteiger partial charge in [0.15, 0.2) is 0 Å². The number of nitrogens with one attached hydrogen (secondary N) is 1. The smallest absolute Gasteiger partial charge is 0.337 e. The summed E-state index contributed by atoms with van der Waals surface area (Å²) in [6.07, 6.45) is 0. The molecule has 1 saturated heterocycles. The zero-order chi connectivity index (χ0) is 15.6. The first-order valence-electron chi connectivity index (χ1n) is 6.78. The molecule has 1 aliphatic heterocycles. The number of esters is 1. The molecule has 8 heteroatoms. The molecule has 1 aromatic rings. The van der Waals surface area contributed by atoms with Crippen LogP contribution in [0.5, 0.6) is 0 Å². The quantitative estimate of drug-likeness (QED) is 0.830. The molecule has 0 spiro atoms. The normalized spacial score (nSPS) is 19.3. The van der Waals surface area contributed by atoms with Crippen LogP contribution in [-0.4, -0.2) is 51.5 Å². The van der Waals surface area contributed by atoms with Crippen molar-refractivity contribution in [1.29, 1.82) is 0 Å². The maximum atomic E-state index is 12.8. The predicted octanol–water partition coefficient (Wildman–Crippen LogP) is 1.19. The molecule has 0 amide bonds. The number of aryl methyl sites for hydroxylation is 1. The van der Waals surface area contributed by atoms with Gasteiger partial charge in [0.25, 0.3) is 0 Å². The summed E-state index contributed by atoms with van der Waals surface area (Å²) in [5, 5.41) is 3.21. The molecule has 0 aliphatic carbocycles. The van der Waals surface area contributed by atoms with E-state index in [2.05, 4.69) is 10.1 Å². The Morgan fingerprint density at radius 1 is 1.41 bits per heavy atom. The number of methoxy groups -OCH3 is 1. The van der Waals surface area contributed by atoms with E-state index in [0.717, 1.165) is 0 Å². The number of ether oxygens (including phenoxy) is 1. The maximum absolute atomic E-state index is 12.8. The third kappa shape index (κ3) is 3.78. The maximum Gasteiger partial charge on any atom is 0.337 e. The molecule has 1 fully saturated rings. The van der Waals surface area contributed by atoms with Gasteiger partial charge in [0.05, 0.1) is 17.6 Å². The minimum absolute atomic E-state index is 0. The minimum atomic E-state index is -3.60. The Bertz CT molecular complexity index is 648. The van der Waals surface area contributed by atoms with Crippen molar-refractivity contribution >= 4 is 28.4 Å². The molecular formula is C14H21ClN2O4S. The summed E-state index contributed by atoms with van der Waals surface area (Å²) in [4.78, 5) is 11.8. The van der Waals surface area contributed by atoms with E-state index in [9.17, 15) is 13.2 Å². The van der Waals surface area contributed by atoms with Crippen molar-refractivity contribution in [3.63, 3.8) is 0 Å². The molecule has 6 nitrogen and oxygen atoms in total. The van der Waals surface area contributed by atoms with Crippen LogP contribution in [-0.2, 0) is 14.8 Å². The Kier molecular flexibility index (Phi) is 6.37. The van der Waals surface area contributed by atoms with Crippen LogP contribution in [0, 0.1) is 6.92 Å². The van der Waals surface area contributed by atoms with Gasteiger partial charge in [0.1, 0.15) is 0 Å². The van der Waals surface area contributed by atoms with Gasteiger partial charge >= 0.3 is 5.97 Å². The van der Waals surface area contributed by atoms with Gasteiger partial charge in [-0.05, 0) is 31.5 Å². The largest absolute Gasteiger partial charge is 0.465 e. The van der Waals surface area contributed by atoms with Crippen molar-refractivity contribution in [3.8, 4) is 0 Å². The molecule has 124 valence electrons. The fourth-order valence-electron chi connectivity index (χ4n) is 2.38. The molecule has 1 aromatic carbocycles. The molecule has 1 heterocycles. The zero-order valence-electron chi connectivity index (χ0n) is 12.8. The summed E-state index contributed by atoms with van der Waals surface area (Å²) < 4.78 is 31.6. The van der Waals surface area contributed by atoms with Crippen LogP contribution in [0.1, 0.15) is 22.8 Å². The van der Waals surface area contributed by atoms with Crippen LogP contribution in [0.4, 0.5) is 0 Å². The molecule has 1 unspecified atom stereocenters. The number of carbonyl (C=O) groups is 1. The van der Waals surface area contributed by atoms with Crippen LogP contribution in [0.3, 0.4) is 0 Å². The van der Waals surface area contributed by atoms with E-state index in [4.69, 9.17) is 0 Å². The molecule has 0 aromatic heterocycles. The summed E-state index contributed by atoms with van der Waals surface area (Å²) >= 11 is 0. The van der Waals surface area contributed by atoms with E-state index < -0.39 is 16.0 Å². The molecule has 0 radical (unpaired) electrons. The molecule has 1 atom stereocenters. The first-order valence-corrected chi connectivity index (χ1v) is 8.22. The van der Waals surface area contributed by atoms with E-state index in [0.29, 0.717) is 25.2 Å². The third-order valence-electron chi connectivity index (χ3n) is 3.56. The van der Waals surface area contributed by atoms with Crippen LogP contribution >= 0.6 is 12.4 Å². The van der Waals surface area contributed by atoms with Gasteiger partial charge < -0.3 is 10.1 Å². The van der Waals surface area contributed by atoms with E-state index in [1.807, 2.05) is 6.92 Å². The van der Waals surface area contributed by atoms with Crippen LogP contribution < -0.4 is 5.32 Å². The summed E-state index contributed by atoms with van der Waals surface area (Å²) in [5.41, 5.74) is 0.860. The number of rotatable bonds is 3. The number of hydrogen-bond acceptors (Lipinski definition) is 5. The fourth-order valence-corrected chi connectivity index (χ4v) is 4.16. The van der Waals surface area contributed by atoms with E-state index in [-0.39, 0.29) is 28.9 Å². The average molecular weight is 349 g/mol. The van der Waals surface area contributed by atoms with Crippen LogP contribution in [0.15, 0.2) is 23.1 Å². The summed E-state index contributed by atoms with van der Waals surface area (Å²) in [6, 6.07) is 4.70. The average Bonchev–Trinajstić information content (AvgIpc) is 2.46. The molecule has 2 rings (SSSR count). The van der Waals surface area contributed by atoms with Gasteiger partial charge in [-0.15, -0.1) is 12.4 Å². The summed E-state index contributed by atoms with van der Waals surface area (Å²) in [7, 11) is -2.33. The van der Waals surface area contributed by atoms with Crippen molar-refractivity contribution in [2.45, 2.75) is 24.8 Å². The lowest BCUT2D eigenvalue weighted by Crippen LogP contribution is -2.51. The lowest BCUT2D eigenvalue weighted by atomic mass is 10.1. The second-order valence-corrected chi connectivity index (χ2v) is 7.10. The highest BCUT2D eigenvalue weighted by Gasteiger charge is 2.30. The summed E-state index contributed by atoms with van der Waals surface area (Å²) in [6.45, 7) is 5.13. The van der Waals surface area contributed by atoms with Gasteiger partial charge in [-0.25, -0.2) is 13.2 Å². The number of hydrogen-bond donors (Lipinski definition) is 1. The van der Waals surface area contributed by atoms with Crippen LogP contribution in [0.2, 0.25) is 0 Å². The lowest BCUT2D eigenvalue weighted by Gasteiger charge is -2.31. The summed E-state index contributed by atoms with van der Waals surface area (Å²) in [5.74, 6) is -0.542. The first-order chi connectivity index (χ1) is 9.86. The highest BCUT2D eigenvalue weighted by molar-refractivity contribution is 7.89. The number of sulfonamides is 1. The van der Waals surface area contributed by atoms with Gasteiger partial charge in [-0.3, -0.25) is 0 Å². The Balaban J connectivity index is 0.00000242. The van der Waals surface area contributed by atoms with E-state index in [1.54, 1.807) is 19.1 Å². The second-order valence-electron chi connectivity index (χ2n) is 5.19. The van der Waals surface area contributed by atoms with Gasteiger partial charge in [-0.2, -0.15) is 4.31 Å². The van der Waals surface area contributed by atoms with E-state index in [1.165, 1.54) is 17.5 Å². The van der Waals surface area contributed by atoms with Gasteiger partial charge in [0, 0.05) is 25.7 Å². The SMILES string of the molecule is COC(=O)c1ccc(C)c(S(=O)(=O)N2CCNC(C)C2)c1.Cl. The molecule has 0 saturated carbocycles. The van der Waals surface area contributed by atoms with Crippen molar-refractivity contribution in [2.24, 2.45) is 0 Å². The van der Waals surface area contributed by atoms with E-state index >= 15 is 0 Å². The molecular weight excluding hydrogens is 328 g/mol. The molecule has 1 aliphatic rings. The van der Waals surface area contributed by atoms with Crippen molar-refractivity contribution in [1.82, 2.24) is 9.62 Å². The van der Waals surface area contributed by atoms with Gasteiger partial charge in [-0.1, -0.05) is 6.07 Å². The topological polar surface area (TPSA) is 75.7 Å². The first kappa shape index (κ1) is 18.9. The highest BCUT2D eigenvalue weighted by atomic mass is 35.5. The second kappa shape index (κ2) is 7.41. The molecule has 22 heavy (non-hydrogen) atoms. The van der Waals surface area contributed by atoms with Crippen molar-refractivity contribution < 1.29 is 17.9 Å². The molecule has 0 bridgehead atoms. The minimum Gasteiger partial charge on any atom is -0.465 e. The third-order valence-corrected chi connectivity index (χ3v) is 5.57. The lowest BCUT2D eigenvalue weighted by molar-refractivity contribution is 0.0600. The standard InChI is InChI=1S/C14H20N2O4S.ClH/c1-10-4-5-12(14(17)20-3)8-13(10)21(18,19)16-7-6-15-11(2)9-16;/h4-5,8,11,15H,6-7,9H2,1-3H3;1H. The highest BCUT2D eigenvalue weighted by Crippen LogP contribution is 2.22.